The minimum atomic E-state index is -4.39. The van der Waals surface area contributed by atoms with Crippen LogP contribution in [0.1, 0.15) is 11.3 Å². The molecular weight excluding hydrogens is 397 g/mol. The summed E-state index contributed by atoms with van der Waals surface area (Å²) in [6.45, 7) is 1.67. The topological polar surface area (TPSA) is 69.3 Å². The van der Waals surface area contributed by atoms with Gasteiger partial charge in [0, 0.05) is 37.3 Å². The molecule has 0 unspecified atom stereocenters. The molecule has 1 fully saturated rings. The van der Waals surface area contributed by atoms with Gasteiger partial charge in [-0.3, -0.25) is 9.59 Å². The Morgan fingerprint density at radius 3 is 2.40 bits per heavy atom. The number of H-pyrrole nitrogens is 1. The maximum Gasteiger partial charge on any atom is 0.416 e. The maximum absolute atomic E-state index is 12.9. The lowest BCUT2D eigenvalue weighted by Gasteiger charge is -2.36. The van der Waals surface area contributed by atoms with Gasteiger partial charge in [-0.15, -0.1) is 0 Å². The summed E-state index contributed by atoms with van der Waals surface area (Å²) >= 11 is 0. The summed E-state index contributed by atoms with van der Waals surface area (Å²) in [6.07, 6.45) is -4.35. The van der Waals surface area contributed by atoms with Crippen molar-refractivity contribution in [3.05, 3.63) is 70.1 Å². The first kappa shape index (κ1) is 19.9. The summed E-state index contributed by atoms with van der Waals surface area (Å²) in [4.78, 5) is 28.1. The normalized spacial score (nSPS) is 14.9. The van der Waals surface area contributed by atoms with Crippen molar-refractivity contribution >= 4 is 22.4 Å². The molecule has 1 saturated heterocycles. The number of hydrogen-bond acceptors (Lipinski definition) is 4. The van der Waals surface area contributed by atoms with Crippen molar-refractivity contribution < 1.29 is 18.0 Å². The van der Waals surface area contributed by atoms with Crippen molar-refractivity contribution in [2.24, 2.45) is 0 Å². The van der Waals surface area contributed by atoms with Gasteiger partial charge in [0.15, 0.2) is 0 Å². The third kappa shape index (κ3) is 4.00. The van der Waals surface area contributed by atoms with Gasteiger partial charge >= 0.3 is 6.18 Å². The summed E-state index contributed by atoms with van der Waals surface area (Å²) in [5.41, 5.74) is -0.00763. The van der Waals surface area contributed by atoms with Crippen LogP contribution in [0.2, 0.25) is 0 Å². The Labute approximate surface area is 169 Å². The highest BCUT2D eigenvalue weighted by Gasteiger charge is 2.31. The summed E-state index contributed by atoms with van der Waals surface area (Å²) < 4.78 is 38.8. The Hall–Kier alpha value is -3.36. The van der Waals surface area contributed by atoms with E-state index >= 15 is 0 Å². The van der Waals surface area contributed by atoms with Crippen LogP contribution >= 0.6 is 0 Å². The number of aromatic amines is 1. The summed E-state index contributed by atoms with van der Waals surface area (Å²) in [5.74, 6) is -0.136. The Kier molecular flexibility index (Phi) is 5.19. The largest absolute Gasteiger partial charge is 0.416 e. The van der Waals surface area contributed by atoms with Gasteiger partial charge in [0.2, 0.25) is 5.91 Å². The summed E-state index contributed by atoms with van der Waals surface area (Å²) in [7, 11) is 0. The van der Waals surface area contributed by atoms with Gasteiger partial charge in [-0.2, -0.15) is 18.3 Å². The Balaban J connectivity index is 1.43. The number of nitrogens with zero attached hydrogens (tertiary/aromatic N) is 3. The number of carbonyl (C=O) groups is 1. The third-order valence-electron chi connectivity index (χ3n) is 5.26. The van der Waals surface area contributed by atoms with Crippen LogP contribution in [-0.4, -0.2) is 47.2 Å². The molecule has 1 aliphatic rings. The first-order valence-corrected chi connectivity index (χ1v) is 9.49. The summed E-state index contributed by atoms with van der Waals surface area (Å²) in [6, 6.07) is 12.2. The molecule has 0 bridgehead atoms. The molecule has 0 aliphatic carbocycles. The number of benzene rings is 2. The molecule has 1 amide bonds. The van der Waals surface area contributed by atoms with Crippen LogP contribution in [0.3, 0.4) is 0 Å². The molecule has 1 aromatic heterocycles. The molecule has 9 heteroatoms. The number of amides is 1. The fourth-order valence-corrected chi connectivity index (χ4v) is 3.65. The van der Waals surface area contributed by atoms with E-state index in [1.807, 2.05) is 4.90 Å². The number of carbonyl (C=O) groups excluding carboxylic acids is 1. The van der Waals surface area contributed by atoms with E-state index in [0.717, 1.165) is 12.1 Å². The smallest absolute Gasteiger partial charge is 0.368 e. The van der Waals surface area contributed by atoms with Gasteiger partial charge in [-0.05, 0) is 24.3 Å². The van der Waals surface area contributed by atoms with Crippen LogP contribution in [0.5, 0.6) is 0 Å². The van der Waals surface area contributed by atoms with Gasteiger partial charge in [0.1, 0.15) is 0 Å². The molecule has 1 aliphatic heterocycles. The predicted octanol–water partition coefficient (Wildman–Crippen LogP) is 2.83. The molecule has 6 nitrogen and oxygen atoms in total. The Morgan fingerprint density at radius 1 is 1.00 bits per heavy atom. The average Bonchev–Trinajstić information content (AvgIpc) is 2.75. The van der Waals surface area contributed by atoms with Gasteiger partial charge in [-0.25, -0.2) is 5.10 Å². The highest BCUT2D eigenvalue weighted by atomic mass is 19.4. The van der Waals surface area contributed by atoms with Crippen molar-refractivity contribution in [1.82, 2.24) is 15.1 Å². The minimum absolute atomic E-state index is 0.0425. The van der Waals surface area contributed by atoms with Crippen LogP contribution < -0.4 is 10.5 Å². The fraction of sp³-hybridized carbons (Fsp3) is 0.286. The standard InChI is InChI=1S/C21H19F3N4O2/c22-21(23,24)14-4-3-5-15(12-14)27-8-10-28(11-9-27)19(29)13-18-16-6-1-2-7-17(16)20(30)26-25-18/h1-7,12H,8-11,13H2,(H,26,30). The zero-order valence-corrected chi connectivity index (χ0v) is 15.9. The third-order valence-corrected chi connectivity index (χ3v) is 5.26. The number of halogens is 3. The monoisotopic (exact) mass is 416 g/mol. The minimum Gasteiger partial charge on any atom is -0.368 e. The van der Waals surface area contributed by atoms with Crippen molar-refractivity contribution in [3.63, 3.8) is 0 Å². The molecule has 2 aromatic carbocycles. The lowest BCUT2D eigenvalue weighted by atomic mass is 10.1. The van der Waals surface area contributed by atoms with Crippen molar-refractivity contribution in [1.29, 1.82) is 0 Å². The number of aromatic nitrogens is 2. The van der Waals surface area contributed by atoms with Crippen LogP contribution in [-0.2, 0) is 17.4 Å². The van der Waals surface area contributed by atoms with E-state index in [4.69, 9.17) is 0 Å². The van der Waals surface area contributed by atoms with Gasteiger partial charge in [-0.1, -0.05) is 24.3 Å². The van der Waals surface area contributed by atoms with Gasteiger partial charge in [0.25, 0.3) is 5.56 Å². The first-order chi connectivity index (χ1) is 14.3. The SMILES string of the molecule is O=C(Cc1n[nH]c(=O)c2ccccc12)N1CCN(c2cccc(C(F)(F)F)c2)CC1. The molecule has 0 atom stereocenters. The second-order valence-electron chi connectivity index (χ2n) is 7.14. The molecule has 30 heavy (non-hydrogen) atoms. The first-order valence-electron chi connectivity index (χ1n) is 9.49. The highest BCUT2D eigenvalue weighted by Crippen LogP contribution is 2.31. The molecule has 156 valence electrons. The van der Waals surface area contributed by atoms with Crippen LogP contribution in [0.15, 0.2) is 53.3 Å². The average molecular weight is 416 g/mol. The lowest BCUT2D eigenvalue weighted by Crippen LogP contribution is -2.49. The molecule has 0 spiro atoms. The molecule has 1 N–H and O–H groups in total. The van der Waals surface area contributed by atoms with Crippen molar-refractivity contribution in [2.45, 2.75) is 12.6 Å². The second-order valence-corrected chi connectivity index (χ2v) is 7.14. The maximum atomic E-state index is 12.9. The number of anilines is 1. The molecule has 4 rings (SSSR count). The molecule has 0 saturated carbocycles. The molecular formula is C21H19F3N4O2. The van der Waals surface area contributed by atoms with E-state index in [1.54, 1.807) is 35.2 Å². The van der Waals surface area contributed by atoms with Crippen LogP contribution in [0, 0.1) is 0 Å². The lowest BCUT2D eigenvalue weighted by molar-refractivity contribution is -0.137. The number of nitrogens with one attached hydrogen (secondary N) is 1. The fourth-order valence-electron chi connectivity index (χ4n) is 3.65. The number of piperazine rings is 1. The van der Waals surface area contributed by atoms with Crippen LogP contribution in [0.4, 0.5) is 18.9 Å². The Bertz CT molecular complexity index is 1130. The summed E-state index contributed by atoms with van der Waals surface area (Å²) in [5, 5.41) is 7.57. The van der Waals surface area contributed by atoms with E-state index in [-0.39, 0.29) is 17.9 Å². The second kappa shape index (κ2) is 7.81. The number of hydrogen-bond donors (Lipinski definition) is 1. The zero-order valence-electron chi connectivity index (χ0n) is 15.9. The van der Waals surface area contributed by atoms with Crippen LogP contribution in [0.25, 0.3) is 10.8 Å². The van der Waals surface area contributed by atoms with Gasteiger partial charge < -0.3 is 9.80 Å². The molecule has 2 heterocycles. The predicted molar refractivity (Wildman–Crippen MR) is 106 cm³/mol. The Morgan fingerprint density at radius 2 is 1.70 bits per heavy atom. The number of fused-ring (bicyclic) bond motifs is 1. The van der Waals surface area contributed by atoms with E-state index in [1.165, 1.54) is 6.07 Å². The van der Waals surface area contributed by atoms with Crippen molar-refractivity contribution in [2.75, 3.05) is 31.1 Å². The highest BCUT2D eigenvalue weighted by molar-refractivity contribution is 5.88. The molecule has 0 radical (unpaired) electrons. The quantitative estimate of drug-likeness (QED) is 0.713. The number of alkyl halides is 3. The van der Waals surface area contributed by atoms with Crippen molar-refractivity contribution in [3.8, 4) is 0 Å². The zero-order chi connectivity index (χ0) is 21.3. The van der Waals surface area contributed by atoms with Gasteiger partial charge in [0.05, 0.1) is 23.1 Å². The number of rotatable bonds is 3. The van der Waals surface area contributed by atoms with E-state index in [0.29, 0.717) is 48.3 Å². The van der Waals surface area contributed by atoms with E-state index in [9.17, 15) is 22.8 Å². The molecule has 3 aromatic rings. The van der Waals surface area contributed by atoms with E-state index in [2.05, 4.69) is 10.2 Å². The van der Waals surface area contributed by atoms with E-state index < -0.39 is 11.7 Å².